The molecule has 0 bridgehead atoms. The van der Waals surface area contributed by atoms with Crippen LogP contribution in [0, 0.1) is 6.92 Å². The molecule has 0 spiro atoms. The molecule has 13 heavy (non-hydrogen) atoms. The zero-order chi connectivity index (χ0) is 9.52. The second-order valence-electron chi connectivity index (χ2n) is 2.94. The van der Waals surface area contributed by atoms with Crippen LogP contribution >= 0.6 is 0 Å². The summed E-state index contributed by atoms with van der Waals surface area (Å²) < 4.78 is 4.92. The molecule has 0 atom stereocenters. The number of methoxy groups -OCH3 is 1. The van der Waals surface area contributed by atoms with Crippen molar-refractivity contribution in [2.24, 2.45) is 0 Å². The highest BCUT2D eigenvalue weighted by Crippen LogP contribution is 1.96. The van der Waals surface area contributed by atoms with E-state index in [1.54, 1.807) is 7.11 Å². The van der Waals surface area contributed by atoms with E-state index in [1.807, 2.05) is 25.1 Å². The van der Waals surface area contributed by atoms with E-state index >= 15 is 0 Å². The Labute approximate surface area is 79.1 Å². The molecular formula is C10H16N2O. The third kappa shape index (κ3) is 4.01. The van der Waals surface area contributed by atoms with Crippen molar-refractivity contribution in [1.29, 1.82) is 0 Å². The van der Waals surface area contributed by atoms with Gasteiger partial charge in [0.2, 0.25) is 0 Å². The average Bonchev–Trinajstić information content (AvgIpc) is 2.13. The van der Waals surface area contributed by atoms with E-state index < -0.39 is 0 Å². The van der Waals surface area contributed by atoms with Gasteiger partial charge in [-0.2, -0.15) is 0 Å². The van der Waals surface area contributed by atoms with Gasteiger partial charge in [0.1, 0.15) is 0 Å². The van der Waals surface area contributed by atoms with Crippen LogP contribution in [0.25, 0.3) is 0 Å². The van der Waals surface area contributed by atoms with Crippen LogP contribution in [0.1, 0.15) is 11.4 Å². The Hall–Kier alpha value is -0.930. The lowest BCUT2D eigenvalue weighted by Gasteiger charge is -2.03. The van der Waals surface area contributed by atoms with Gasteiger partial charge in [0.15, 0.2) is 0 Å². The third-order valence-corrected chi connectivity index (χ3v) is 1.74. The highest BCUT2D eigenvalue weighted by atomic mass is 16.5. The number of hydrogen-bond donors (Lipinski definition) is 1. The first-order valence-electron chi connectivity index (χ1n) is 4.45. The number of nitrogens with zero attached hydrogens (tertiary/aromatic N) is 1. The van der Waals surface area contributed by atoms with Gasteiger partial charge in [-0.15, -0.1) is 0 Å². The monoisotopic (exact) mass is 180 g/mol. The van der Waals surface area contributed by atoms with Gasteiger partial charge >= 0.3 is 0 Å². The minimum Gasteiger partial charge on any atom is -0.383 e. The van der Waals surface area contributed by atoms with Crippen LogP contribution in [-0.4, -0.2) is 25.2 Å². The standard InChI is InChI=1S/C10H16N2O/c1-9-4-3-5-10(12-9)8-11-6-7-13-2/h3-5,11H,6-8H2,1-2H3. The molecule has 1 aromatic rings. The van der Waals surface area contributed by atoms with Gasteiger partial charge in [-0.1, -0.05) is 6.07 Å². The smallest absolute Gasteiger partial charge is 0.0587 e. The number of aryl methyl sites for hydroxylation is 1. The first-order valence-corrected chi connectivity index (χ1v) is 4.45. The summed E-state index contributed by atoms with van der Waals surface area (Å²) in [5.74, 6) is 0. The third-order valence-electron chi connectivity index (χ3n) is 1.74. The normalized spacial score (nSPS) is 10.3. The van der Waals surface area contributed by atoms with E-state index in [0.717, 1.165) is 31.1 Å². The SMILES string of the molecule is COCCNCc1cccc(C)n1. The van der Waals surface area contributed by atoms with E-state index in [0.29, 0.717) is 0 Å². The lowest BCUT2D eigenvalue weighted by molar-refractivity contribution is 0.199. The summed E-state index contributed by atoms with van der Waals surface area (Å²) in [6.45, 7) is 4.42. The Morgan fingerprint density at radius 1 is 1.46 bits per heavy atom. The summed E-state index contributed by atoms with van der Waals surface area (Å²) in [5, 5.41) is 3.24. The van der Waals surface area contributed by atoms with Crippen molar-refractivity contribution in [2.75, 3.05) is 20.3 Å². The van der Waals surface area contributed by atoms with Crippen molar-refractivity contribution in [2.45, 2.75) is 13.5 Å². The summed E-state index contributed by atoms with van der Waals surface area (Å²) >= 11 is 0. The van der Waals surface area contributed by atoms with Crippen molar-refractivity contribution in [3.05, 3.63) is 29.6 Å². The number of ether oxygens (including phenoxy) is 1. The minimum atomic E-state index is 0.742. The molecule has 0 aliphatic heterocycles. The van der Waals surface area contributed by atoms with Crippen LogP contribution < -0.4 is 5.32 Å². The van der Waals surface area contributed by atoms with Crippen molar-refractivity contribution in [3.8, 4) is 0 Å². The summed E-state index contributed by atoms with van der Waals surface area (Å²) in [5.41, 5.74) is 2.14. The molecule has 0 aromatic carbocycles. The van der Waals surface area contributed by atoms with Gasteiger partial charge in [-0.3, -0.25) is 4.98 Å². The van der Waals surface area contributed by atoms with Crippen LogP contribution in [-0.2, 0) is 11.3 Å². The van der Waals surface area contributed by atoms with E-state index in [1.165, 1.54) is 0 Å². The van der Waals surface area contributed by atoms with Gasteiger partial charge < -0.3 is 10.1 Å². The summed E-state index contributed by atoms with van der Waals surface area (Å²) in [4.78, 5) is 4.37. The molecule has 0 saturated carbocycles. The molecule has 0 unspecified atom stereocenters. The van der Waals surface area contributed by atoms with Crippen molar-refractivity contribution in [3.63, 3.8) is 0 Å². The molecule has 3 heteroatoms. The van der Waals surface area contributed by atoms with Crippen LogP contribution in [0.15, 0.2) is 18.2 Å². The predicted molar refractivity (Wildman–Crippen MR) is 52.6 cm³/mol. The number of rotatable bonds is 5. The second-order valence-corrected chi connectivity index (χ2v) is 2.94. The van der Waals surface area contributed by atoms with Crippen molar-refractivity contribution >= 4 is 0 Å². The minimum absolute atomic E-state index is 0.742. The Balaban J connectivity index is 2.28. The number of aromatic nitrogens is 1. The molecule has 1 N–H and O–H groups in total. The molecule has 0 fully saturated rings. The average molecular weight is 180 g/mol. The van der Waals surface area contributed by atoms with Gasteiger partial charge in [0.25, 0.3) is 0 Å². The highest BCUT2D eigenvalue weighted by molar-refractivity contribution is 5.09. The summed E-state index contributed by atoms with van der Waals surface area (Å²) in [6, 6.07) is 6.04. The fourth-order valence-corrected chi connectivity index (χ4v) is 1.09. The molecule has 72 valence electrons. The number of pyridine rings is 1. The van der Waals surface area contributed by atoms with Gasteiger partial charge in [0, 0.05) is 25.9 Å². The van der Waals surface area contributed by atoms with Crippen molar-refractivity contribution in [1.82, 2.24) is 10.3 Å². The van der Waals surface area contributed by atoms with Gasteiger partial charge in [0.05, 0.1) is 12.3 Å². The number of hydrogen-bond acceptors (Lipinski definition) is 3. The molecule has 3 nitrogen and oxygen atoms in total. The van der Waals surface area contributed by atoms with E-state index in [2.05, 4.69) is 10.3 Å². The van der Waals surface area contributed by atoms with Crippen LogP contribution in [0.2, 0.25) is 0 Å². The molecule has 0 aliphatic carbocycles. The lowest BCUT2D eigenvalue weighted by atomic mass is 10.3. The molecule has 0 aliphatic rings. The summed E-state index contributed by atoms with van der Waals surface area (Å²) in [7, 11) is 1.70. The molecule has 0 radical (unpaired) electrons. The fourth-order valence-electron chi connectivity index (χ4n) is 1.09. The Bertz CT molecular complexity index is 250. The van der Waals surface area contributed by atoms with E-state index in [4.69, 9.17) is 4.74 Å². The Morgan fingerprint density at radius 2 is 2.31 bits per heavy atom. The maximum absolute atomic E-state index is 4.92. The summed E-state index contributed by atoms with van der Waals surface area (Å²) in [6.07, 6.45) is 0. The Kier molecular flexibility index (Phi) is 4.43. The highest BCUT2D eigenvalue weighted by Gasteiger charge is 1.93. The predicted octanol–water partition coefficient (Wildman–Crippen LogP) is 1.13. The quantitative estimate of drug-likeness (QED) is 0.690. The first-order chi connectivity index (χ1) is 6.33. The maximum Gasteiger partial charge on any atom is 0.0587 e. The maximum atomic E-state index is 4.92. The topological polar surface area (TPSA) is 34.1 Å². The zero-order valence-electron chi connectivity index (χ0n) is 8.21. The van der Waals surface area contributed by atoms with Crippen LogP contribution in [0.4, 0.5) is 0 Å². The first kappa shape index (κ1) is 10.2. The second kappa shape index (κ2) is 5.67. The van der Waals surface area contributed by atoms with E-state index in [-0.39, 0.29) is 0 Å². The fraction of sp³-hybridized carbons (Fsp3) is 0.500. The molecule has 1 rings (SSSR count). The number of nitrogens with one attached hydrogen (secondary N) is 1. The molecule has 0 amide bonds. The van der Waals surface area contributed by atoms with E-state index in [9.17, 15) is 0 Å². The van der Waals surface area contributed by atoms with Gasteiger partial charge in [-0.25, -0.2) is 0 Å². The van der Waals surface area contributed by atoms with Crippen LogP contribution in [0.5, 0.6) is 0 Å². The molecule has 1 heterocycles. The molecular weight excluding hydrogens is 164 g/mol. The largest absolute Gasteiger partial charge is 0.383 e. The lowest BCUT2D eigenvalue weighted by Crippen LogP contribution is -2.19. The van der Waals surface area contributed by atoms with Crippen LogP contribution in [0.3, 0.4) is 0 Å². The van der Waals surface area contributed by atoms with Crippen molar-refractivity contribution < 1.29 is 4.74 Å². The molecule has 1 aromatic heterocycles. The Morgan fingerprint density at radius 3 is 3.00 bits per heavy atom. The molecule has 0 saturated heterocycles. The zero-order valence-corrected chi connectivity index (χ0v) is 8.21. The van der Waals surface area contributed by atoms with Gasteiger partial charge in [-0.05, 0) is 19.1 Å².